The molecule has 0 saturated heterocycles. The number of carbonyl (C=O) groups excluding carboxylic acids is 1. The number of rotatable bonds is 10. The minimum absolute atomic E-state index is 0.0790. The third kappa shape index (κ3) is 6.13. The zero-order valence-corrected chi connectivity index (χ0v) is 18.2. The van der Waals surface area contributed by atoms with Crippen LogP contribution in [0.2, 0.25) is 0 Å². The van der Waals surface area contributed by atoms with Crippen LogP contribution in [-0.4, -0.2) is 41.1 Å². The van der Waals surface area contributed by atoms with Gasteiger partial charge in [0.1, 0.15) is 17.3 Å². The summed E-state index contributed by atoms with van der Waals surface area (Å²) in [7, 11) is 3.23. The van der Waals surface area contributed by atoms with E-state index in [2.05, 4.69) is 20.5 Å². The van der Waals surface area contributed by atoms with Gasteiger partial charge in [0, 0.05) is 12.0 Å². The molecule has 1 saturated carbocycles. The number of nitrogens with zero attached hydrogens (tertiary/aromatic N) is 2. The van der Waals surface area contributed by atoms with Crippen LogP contribution in [-0.2, 0) is 11.2 Å². The van der Waals surface area contributed by atoms with E-state index in [1.807, 2.05) is 25.1 Å². The lowest BCUT2D eigenvalue weighted by Crippen LogP contribution is -2.28. The van der Waals surface area contributed by atoms with E-state index in [0.29, 0.717) is 10.9 Å². The number of aromatic amines is 1. The second-order valence-electron chi connectivity index (χ2n) is 7.44. The molecular weight excluding hydrogens is 388 g/mol. The Morgan fingerprint density at radius 1 is 1.31 bits per heavy atom. The lowest BCUT2D eigenvalue weighted by atomic mass is 10.0. The highest BCUT2D eigenvalue weighted by Gasteiger charge is 2.17. The first-order valence-electron chi connectivity index (χ1n) is 10.1. The van der Waals surface area contributed by atoms with Gasteiger partial charge in [0.05, 0.1) is 26.0 Å². The second-order valence-corrected chi connectivity index (χ2v) is 8.38. The van der Waals surface area contributed by atoms with E-state index in [-0.39, 0.29) is 17.7 Å². The topological polar surface area (TPSA) is 89.1 Å². The van der Waals surface area contributed by atoms with Crippen LogP contribution in [0.25, 0.3) is 0 Å². The van der Waals surface area contributed by atoms with Gasteiger partial charge >= 0.3 is 0 Å². The van der Waals surface area contributed by atoms with Crippen LogP contribution in [0.4, 0.5) is 0 Å². The molecule has 158 valence electrons. The van der Waals surface area contributed by atoms with Gasteiger partial charge in [0.2, 0.25) is 11.1 Å². The third-order valence-electron chi connectivity index (χ3n) is 5.39. The fourth-order valence-corrected chi connectivity index (χ4v) is 4.39. The Morgan fingerprint density at radius 3 is 2.83 bits per heavy atom. The standard InChI is InChI=1S/C21H30N4O3S/c1-14(17-12-16(27-2)9-10-18(17)28-3)22-20(26)13-29-21-23-19(24-25-21)11-8-15-6-4-5-7-15/h9-10,12,14-15H,4-8,11,13H2,1-3H3,(H,22,26)(H,23,24,25). The number of ether oxygens (including phenoxy) is 2. The van der Waals surface area contributed by atoms with Crippen LogP contribution in [0.1, 0.15) is 56.5 Å². The first kappa shape index (κ1) is 21.5. The lowest BCUT2D eigenvalue weighted by molar-refractivity contribution is -0.119. The van der Waals surface area contributed by atoms with Gasteiger partial charge in [-0.15, -0.1) is 5.10 Å². The summed E-state index contributed by atoms with van der Waals surface area (Å²) in [6.07, 6.45) is 7.49. The fourth-order valence-electron chi connectivity index (χ4n) is 3.76. The Hall–Kier alpha value is -2.22. The zero-order valence-electron chi connectivity index (χ0n) is 17.4. The second kappa shape index (κ2) is 10.5. The van der Waals surface area contributed by atoms with Crippen LogP contribution in [0.3, 0.4) is 0 Å². The molecule has 1 atom stereocenters. The number of thioether (sulfide) groups is 1. The monoisotopic (exact) mass is 418 g/mol. The molecule has 1 fully saturated rings. The maximum atomic E-state index is 12.4. The van der Waals surface area contributed by atoms with Crippen molar-refractivity contribution in [3.8, 4) is 11.5 Å². The van der Waals surface area contributed by atoms with Gasteiger partial charge in [0.25, 0.3) is 0 Å². The van der Waals surface area contributed by atoms with Gasteiger partial charge in [-0.1, -0.05) is 37.4 Å². The van der Waals surface area contributed by atoms with Crippen molar-refractivity contribution in [2.24, 2.45) is 5.92 Å². The van der Waals surface area contributed by atoms with Crippen molar-refractivity contribution in [1.29, 1.82) is 0 Å². The fraction of sp³-hybridized carbons (Fsp3) is 0.571. The molecule has 0 bridgehead atoms. The number of aryl methyl sites for hydroxylation is 1. The average molecular weight is 419 g/mol. The Balaban J connectivity index is 1.47. The van der Waals surface area contributed by atoms with Gasteiger partial charge in [-0.3, -0.25) is 9.89 Å². The summed E-state index contributed by atoms with van der Waals surface area (Å²) in [6.45, 7) is 1.92. The average Bonchev–Trinajstić information content (AvgIpc) is 3.42. The molecule has 1 unspecified atom stereocenters. The van der Waals surface area contributed by atoms with Crippen molar-refractivity contribution in [1.82, 2.24) is 20.5 Å². The maximum absolute atomic E-state index is 12.4. The zero-order chi connectivity index (χ0) is 20.6. The van der Waals surface area contributed by atoms with E-state index in [9.17, 15) is 4.79 Å². The summed E-state index contributed by atoms with van der Waals surface area (Å²) < 4.78 is 10.7. The minimum Gasteiger partial charge on any atom is -0.497 e. The van der Waals surface area contributed by atoms with E-state index < -0.39 is 0 Å². The quantitative estimate of drug-likeness (QED) is 0.569. The summed E-state index contributed by atoms with van der Waals surface area (Å²) in [5.41, 5.74) is 0.872. The van der Waals surface area contributed by atoms with Crippen molar-refractivity contribution in [3.05, 3.63) is 29.6 Å². The molecule has 29 heavy (non-hydrogen) atoms. The number of benzene rings is 1. The summed E-state index contributed by atoms with van der Waals surface area (Å²) in [6, 6.07) is 5.34. The maximum Gasteiger partial charge on any atom is 0.230 e. The van der Waals surface area contributed by atoms with Crippen LogP contribution in [0.5, 0.6) is 11.5 Å². The molecule has 2 N–H and O–H groups in total. The summed E-state index contributed by atoms with van der Waals surface area (Å²) in [4.78, 5) is 16.9. The van der Waals surface area contributed by atoms with Crippen LogP contribution in [0, 0.1) is 5.92 Å². The molecule has 8 heteroatoms. The van der Waals surface area contributed by atoms with Crippen molar-refractivity contribution >= 4 is 17.7 Å². The number of nitrogens with one attached hydrogen (secondary N) is 2. The van der Waals surface area contributed by atoms with E-state index in [1.165, 1.54) is 43.9 Å². The molecule has 0 radical (unpaired) electrons. The minimum atomic E-state index is -0.206. The Labute approximate surface area is 176 Å². The first-order valence-corrected chi connectivity index (χ1v) is 11.1. The molecule has 1 aromatic heterocycles. The highest BCUT2D eigenvalue weighted by Crippen LogP contribution is 2.30. The van der Waals surface area contributed by atoms with Crippen LogP contribution in [0.15, 0.2) is 23.4 Å². The SMILES string of the molecule is COc1ccc(OC)c(C(C)NC(=O)CSc2n[nH]c(CCC3CCCC3)n2)c1. The summed E-state index contributed by atoms with van der Waals surface area (Å²) >= 11 is 1.34. The highest BCUT2D eigenvalue weighted by molar-refractivity contribution is 7.99. The van der Waals surface area contributed by atoms with E-state index in [0.717, 1.165) is 29.5 Å². The van der Waals surface area contributed by atoms with Gasteiger partial charge in [0.15, 0.2) is 0 Å². The summed E-state index contributed by atoms with van der Waals surface area (Å²) in [5, 5.41) is 10.9. The molecule has 7 nitrogen and oxygen atoms in total. The van der Waals surface area contributed by atoms with Crippen LogP contribution >= 0.6 is 11.8 Å². The Morgan fingerprint density at radius 2 is 2.10 bits per heavy atom. The molecule has 1 aliphatic carbocycles. The van der Waals surface area contributed by atoms with E-state index in [1.54, 1.807) is 14.2 Å². The number of hydrogen-bond donors (Lipinski definition) is 2. The number of H-pyrrole nitrogens is 1. The van der Waals surface area contributed by atoms with Gasteiger partial charge in [-0.05, 0) is 37.5 Å². The molecule has 1 amide bonds. The Kier molecular flexibility index (Phi) is 7.80. The molecule has 2 aromatic rings. The molecule has 1 aliphatic rings. The number of methoxy groups -OCH3 is 2. The summed E-state index contributed by atoms with van der Waals surface area (Å²) in [5.74, 6) is 3.36. The molecule has 1 heterocycles. The number of amides is 1. The first-order chi connectivity index (χ1) is 14.1. The smallest absolute Gasteiger partial charge is 0.230 e. The van der Waals surface area contributed by atoms with E-state index in [4.69, 9.17) is 9.47 Å². The van der Waals surface area contributed by atoms with Gasteiger partial charge in [-0.2, -0.15) is 0 Å². The van der Waals surface area contributed by atoms with Crippen molar-refractivity contribution in [3.63, 3.8) is 0 Å². The molecular formula is C21H30N4O3S. The third-order valence-corrected chi connectivity index (χ3v) is 6.24. The van der Waals surface area contributed by atoms with Crippen LogP contribution < -0.4 is 14.8 Å². The largest absolute Gasteiger partial charge is 0.497 e. The molecule has 0 aliphatic heterocycles. The highest BCUT2D eigenvalue weighted by atomic mass is 32.2. The van der Waals surface area contributed by atoms with Gasteiger partial charge < -0.3 is 14.8 Å². The molecule has 3 rings (SSSR count). The predicted octanol–water partition coefficient (Wildman–Crippen LogP) is 3.91. The number of aromatic nitrogens is 3. The van der Waals surface area contributed by atoms with Crippen molar-refractivity contribution in [2.45, 2.75) is 56.6 Å². The number of carbonyl (C=O) groups is 1. The Bertz CT molecular complexity index is 805. The predicted molar refractivity (Wildman–Crippen MR) is 113 cm³/mol. The number of hydrogen-bond acceptors (Lipinski definition) is 6. The van der Waals surface area contributed by atoms with Crippen molar-refractivity contribution < 1.29 is 14.3 Å². The normalized spacial score (nSPS) is 15.3. The van der Waals surface area contributed by atoms with Crippen molar-refractivity contribution in [2.75, 3.05) is 20.0 Å². The van der Waals surface area contributed by atoms with Gasteiger partial charge in [-0.25, -0.2) is 4.98 Å². The lowest BCUT2D eigenvalue weighted by Gasteiger charge is -2.18. The molecule has 0 spiro atoms. The van der Waals surface area contributed by atoms with E-state index >= 15 is 0 Å². The molecule has 1 aromatic carbocycles.